The van der Waals surface area contributed by atoms with Gasteiger partial charge in [-0.25, -0.2) is 0 Å². The van der Waals surface area contributed by atoms with E-state index >= 15 is 0 Å². The van der Waals surface area contributed by atoms with E-state index in [1.54, 1.807) is 0 Å². The van der Waals surface area contributed by atoms with Gasteiger partial charge in [-0.05, 0) is 39.2 Å². The molecule has 4 heteroatoms. The summed E-state index contributed by atoms with van der Waals surface area (Å²) in [6.07, 6.45) is 6.37. The molecule has 0 saturated carbocycles. The van der Waals surface area contributed by atoms with Crippen molar-refractivity contribution in [2.75, 3.05) is 40.0 Å². The summed E-state index contributed by atoms with van der Waals surface area (Å²) >= 11 is 0. The van der Waals surface area contributed by atoms with Crippen molar-refractivity contribution in [1.82, 2.24) is 9.80 Å². The van der Waals surface area contributed by atoms with Crippen molar-refractivity contribution in [2.45, 2.75) is 56.3 Å². The molecular formula is C16H28N2O2. The van der Waals surface area contributed by atoms with E-state index in [2.05, 4.69) is 23.8 Å². The highest BCUT2D eigenvalue weighted by Crippen LogP contribution is 2.45. The van der Waals surface area contributed by atoms with Gasteiger partial charge < -0.3 is 9.47 Å². The second-order valence-corrected chi connectivity index (χ2v) is 7.55. The molecule has 0 aromatic heterocycles. The molecule has 4 rings (SSSR count). The lowest BCUT2D eigenvalue weighted by molar-refractivity contribution is -0.301. The summed E-state index contributed by atoms with van der Waals surface area (Å²) in [7, 11) is 2.29. The van der Waals surface area contributed by atoms with Gasteiger partial charge in [0.2, 0.25) is 0 Å². The minimum absolute atomic E-state index is 0.165. The predicted molar refractivity (Wildman–Crippen MR) is 77.6 cm³/mol. The van der Waals surface area contributed by atoms with Crippen molar-refractivity contribution in [3.8, 4) is 0 Å². The summed E-state index contributed by atoms with van der Waals surface area (Å²) in [5.41, 5.74) is 0.530. The number of rotatable bonds is 3. The highest BCUT2D eigenvalue weighted by Gasteiger charge is 2.53. The molecular weight excluding hydrogens is 252 g/mol. The summed E-state index contributed by atoms with van der Waals surface area (Å²) in [5.74, 6) is 0.828. The van der Waals surface area contributed by atoms with Crippen LogP contribution >= 0.6 is 0 Å². The third-order valence-electron chi connectivity index (χ3n) is 6.43. The number of nitrogens with zero attached hydrogens (tertiary/aromatic N) is 2. The normalized spacial score (nSPS) is 46.8. The van der Waals surface area contributed by atoms with Crippen molar-refractivity contribution < 1.29 is 9.47 Å². The molecule has 0 aromatic rings. The SMILES string of the molecule is CC(CC1CN(C)C2(CCOC2)C1)N1CCC12CCO2. The van der Waals surface area contributed by atoms with Crippen LogP contribution in [0.3, 0.4) is 0 Å². The van der Waals surface area contributed by atoms with Crippen LogP contribution in [0.5, 0.6) is 0 Å². The zero-order chi connectivity index (χ0) is 13.8. The largest absolute Gasteiger partial charge is 0.379 e. The summed E-state index contributed by atoms with van der Waals surface area (Å²) in [4.78, 5) is 5.19. The van der Waals surface area contributed by atoms with E-state index in [-0.39, 0.29) is 5.72 Å². The van der Waals surface area contributed by atoms with E-state index in [0.29, 0.717) is 11.6 Å². The highest BCUT2D eigenvalue weighted by molar-refractivity contribution is 5.03. The summed E-state index contributed by atoms with van der Waals surface area (Å²) in [5, 5.41) is 0. The first kappa shape index (κ1) is 13.5. The Kier molecular flexibility index (Phi) is 3.15. The lowest BCUT2D eigenvalue weighted by atomic mass is 9.84. The molecule has 0 bridgehead atoms. The van der Waals surface area contributed by atoms with Crippen LogP contribution in [0.1, 0.15) is 39.0 Å². The molecule has 4 heterocycles. The third kappa shape index (κ3) is 1.88. The quantitative estimate of drug-likeness (QED) is 0.785. The van der Waals surface area contributed by atoms with Gasteiger partial charge in [-0.15, -0.1) is 0 Å². The molecule has 4 aliphatic heterocycles. The maximum Gasteiger partial charge on any atom is 0.125 e. The van der Waals surface area contributed by atoms with Crippen molar-refractivity contribution in [3.63, 3.8) is 0 Å². The predicted octanol–water partition coefficient (Wildman–Crippen LogP) is 1.70. The van der Waals surface area contributed by atoms with Crippen LogP contribution in [0.25, 0.3) is 0 Å². The van der Waals surface area contributed by atoms with Gasteiger partial charge in [0, 0.05) is 44.1 Å². The Labute approximate surface area is 122 Å². The van der Waals surface area contributed by atoms with E-state index in [1.165, 1.54) is 45.2 Å². The minimum Gasteiger partial charge on any atom is -0.379 e. The van der Waals surface area contributed by atoms with Gasteiger partial charge in [-0.1, -0.05) is 0 Å². The van der Waals surface area contributed by atoms with Gasteiger partial charge in [0.25, 0.3) is 0 Å². The lowest BCUT2D eigenvalue weighted by Crippen LogP contribution is -2.69. The van der Waals surface area contributed by atoms with Crippen LogP contribution in [0.4, 0.5) is 0 Å². The zero-order valence-corrected chi connectivity index (χ0v) is 12.9. The molecule has 0 amide bonds. The Morgan fingerprint density at radius 1 is 1.25 bits per heavy atom. The van der Waals surface area contributed by atoms with Gasteiger partial charge in [0.15, 0.2) is 0 Å². The molecule has 0 radical (unpaired) electrons. The molecule has 4 aliphatic rings. The average Bonchev–Trinajstić information content (AvgIpc) is 2.85. The molecule has 0 aromatic carbocycles. The minimum atomic E-state index is 0.165. The third-order valence-corrected chi connectivity index (χ3v) is 6.43. The number of hydrogen-bond acceptors (Lipinski definition) is 4. The second-order valence-electron chi connectivity index (χ2n) is 7.55. The Morgan fingerprint density at radius 3 is 2.65 bits per heavy atom. The molecule has 2 spiro atoms. The van der Waals surface area contributed by atoms with Crippen molar-refractivity contribution in [2.24, 2.45) is 5.92 Å². The first-order chi connectivity index (χ1) is 9.64. The van der Waals surface area contributed by atoms with E-state index in [9.17, 15) is 0 Å². The van der Waals surface area contributed by atoms with E-state index in [4.69, 9.17) is 9.47 Å². The Morgan fingerprint density at radius 2 is 2.10 bits per heavy atom. The van der Waals surface area contributed by atoms with Gasteiger partial charge in [0.05, 0.1) is 13.2 Å². The lowest BCUT2D eigenvalue weighted by Gasteiger charge is -2.60. The Bertz CT molecular complexity index is 371. The topological polar surface area (TPSA) is 24.9 Å². The molecule has 0 N–H and O–H groups in total. The maximum absolute atomic E-state index is 5.86. The van der Waals surface area contributed by atoms with E-state index in [0.717, 1.165) is 25.7 Å². The number of ether oxygens (including phenoxy) is 2. The van der Waals surface area contributed by atoms with Crippen molar-refractivity contribution in [1.29, 1.82) is 0 Å². The summed E-state index contributed by atoms with van der Waals surface area (Å²) < 4.78 is 11.5. The second kappa shape index (κ2) is 4.67. The fraction of sp³-hybridized carbons (Fsp3) is 1.00. The maximum atomic E-state index is 5.86. The molecule has 20 heavy (non-hydrogen) atoms. The average molecular weight is 280 g/mol. The Hall–Kier alpha value is -0.160. The van der Waals surface area contributed by atoms with E-state index in [1.807, 2.05) is 0 Å². The van der Waals surface area contributed by atoms with Crippen LogP contribution in [0.15, 0.2) is 0 Å². The number of likely N-dealkylation sites (N-methyl/N-ethyl adjacent to an activating group) is 1. The fourth-order valence-electron chi connectivity index (χ4n) is 5.04. The first-order valence-corrected chi connectivity index (χ1v) is 8.33. The van der Waals surface area contributed by atoms with Crippen molar-refractivity contribution >= 4 is 0 Å². The summed E-state index contributed by atoms with van der Waals surface area (Å²) in [6.45, 7) is 7.75. The van der Waals surface area contributed by atoms with Crippen LogP contribution in [-0.2, 0) is 9.47 Å². The smallest absolute Gasteiger partial charge is 0.125 e. The van der Waals surface area contributed by atoms with Crippen LogP contribution < -0.4 is 0 Å². The monoisotopic (exact) mass is 280 g/mol. The zero-order valence-electron chi connectivity index (χ0n) is 12.9. The molecule has 4 atom stereocenters. The number of hydrogen-bond donors (Lipinski definition) is 0. The molecule has 114 valence electrons. The van der Waals surface area contributed by atoms with Crippen LogP contribution in [0.2, 0.25) is 0 Å². The molecule has 0 aliphatic carbocycles. The number of likely N-dealkylation sites (tertiary alicyclic amines) is 2. The van der Waals surface area contributed by atoms with Gasteiger partial charge in [0.1, 0.15) is 5.72 Å². The molecule has 4 unspecified atom stereocenters. The molecule has 4 fully saturated rings. The van der Waals surface area contributed by atoms with Crippen molar-refractivity contribution in [3.05, 3.63) is 0 Å². The van der Waals surface area contributed by atoms with Crippen LogP contribution in [0, 0.1) is 5.92 Å². The molecule has 4 nitrogen and oxygen atoms in total. The fourth-order valence-corrected chi connectivity index (χ4v) is 5.04. The Balaban J connectivity index is 1.35. The molecule has 4 saturated heterocycles. The van der Waals surface area contributed by atoms with Gasteiger partial charge >= 0.3 is 0 Å². The van der Waals surface area contributed by atoms with E-state index < -0.39 is 0 Å². The van der Waals surface area contributed by atoms with Gasteiger partial charge in [-0.3, -0.25) is 9.80 Å². The van der Waals surface area contributed by atoms with Crippen LogP contribution in [-0.4, -0.2) is 67.1 Å². The first-order valence-electron chi connectivity index (χ1n) is 8.33. The van der Waals surface area contributed by atoms with Gasteiger partial charge in [-0.2, -0.15) is 0 Å². The summed E-state index contributed by atoms with van der Waals surface area (Å²) in [6, 6.07) is 0.667. The standard InChI is InChI=1S/C16H28N2O2/c1-13(18-6-3-16(18)5-8-20-16)9-14-10-15(17(2)11-14)4-7-19-12-15/h13-14H,3-12H2,1-2H3. The highest BCUT2D eigenvalue weighted by atomic mass is 16.5.